The van der Waals surface area contributed by atoms with Crippen LogP contribution in [0.2, 0.25) is 0 Å². The van der Waals surface area contributed by atoms with Gasteiger partial charge in [0.05, 0.1) is 18.8 Å². The number of hydrogen-bond donors (Lipinski definition) is 0. The normalized spacial score (nSPS) is 9.39. The molecule has 0 aliphatic heterocycles. The van der Waals surface area contributed by atoms with Crippen LogP contribution in [0.4, 0.5) is 0 Å². The molecule has 1 aromatic rings. The minimum atomic E-state index is -0.736. The van der Waals surface area contributed by atoms with Crippen molar-refractivity contribution >= 4 is 11.9 Å². The van der Waals surface area contributed by atoms with E-state index in [1.807, 2.05) is 6.07 Å². The Bertz CT molecular complexity index is 505. The zero-order chi connectivity index (χ0) is 13.5. The van der Waals surface area contributed by atoms with Gasteiger partial charge in [0, 0.05) is 0 Å². The van der Waals surface area contributed by atoms with Crippen LogP contribution in [-0.2, 0) is 9.47 Å². The number of nitriles is 1. The SMILES string of the molecule is CCOC(=O)c1ccc(C#N)c(C(=O)OCC)n1. The summed E-state index contributed by atoms with van der Waals surface area (Å²) in [6.45, 7) is 3.66. The second-order valence-corrected chi connectivity index (χ2v) is 3.15. The van der Waals surface area contributed by atoms with E-state index >= 15 is 0 Å². The quantitative estimate of drug-likeness (QED) is 0.746. The molecule has 6 nitrogen and oxygen atoms in total. The summed E-state index contributed by atoms with van der Waals surface area (Å²) in [7, 11) is 0. The molecule has 94 valence electrons. The molecule has 0 aliphatic carbocycles. The maximum atomic E-state index is 11.6. The molecule has 0 spiro atoms. The molecule has 0 aromatic carbocycles. The van der Waals surface area contributed by atoms with E-state index in [4.69, 9.17) is 14.7 Å². The minimum Gasteiger partial charge on any atom is -0.461 e. The highest BCUT2D eigenvalue weighted by Gasteiger charge is 2.18. The third-order valence-electron chi connectivity index (χ3n) is 1.97. The van der Waals surface area contributed by atoms with Gasteiger partial charge < -0.3 is 9.47 Å². The van der Waals surface area contributed by atoms with Crippen LogP contribution in [0.15, 0.2) is 12.1 Å². The smallest absolute Gasteiger partial charge is 0.358 e. The molecule has 1 heterocycles. The van der Waals surface area contributed by atoms with Crippen molar-refractivity contribution in [3.8, 4) is 6.07 Å². The molecule has 0 amide bonds. The summed E-state index contributed by atoms with van der Waals surface area (Å²) in [5.74, 6) is -1.38. The highest BCUT2D eigenvalue weighted by molar-refractivity contribution is 5.93. The van der Waals surface area contributed by atoms with Gasteiger partial charge in [0.15, 0.2) is 5.69 Å². The molecule has 6 heteroatoms. The molecular weight excluding hydrogens is 236 g/mol. The van der Waals surface area contributed by atoms with Gasteiger partial charge in [-0.25, -0.2) is 14.6 Å². The molecular formula is C12H12N2O4. The first-order valence-electron chi connectivity index (χ1n) is 5.39. The molecule has 18 heavy (non-hydrogen) atoms. The lowest BCUT2D eigenvalue weighted by Crippen LogP contribution is -2.14. The zero-order valence-electron chi connectivity index (χ0n) is 10.1. The van der Waals surface area contributed by atoms with Crippen molar-refractivity contribution in [3.05, 3.63) is 29.1 Å². The number of carbonyl (C=O) groups is 2. The van der Waals surface area contributed by atoms with Gasteiger partial charge in [-0.2, -0.15) is 5.26 Å². The maximum Gasteiger partial charge on any atom is 0.358 e. The van der Waals surface area contributed by atoms with E-state index in [2.05, 4.69) is 4.98 Å². The van der Waals surface area contributed by atoms with E-state index in [1.165, 1.54) is 12.1 Å². The molecule has 0 bridgehead atoms. The van der Waals surface area contributed by atoms with Gasteiger partial charge in [-0.05, 0) is 26.0 Å². The van der Waals surface area contributed by atoms with Crippen LogP contribution in [0.3, 0.4) is 0 Å². The number of rotatable bonds is 4. The Morgan fingerprint density at radius 3 is 2.39 bits per heavy atom. The lowest BCUT2D eigenvalue weighted by atomic mass is 10.2. The highest BCUT2D eigenvalue weighted by atomic mass is 16.5. The van der Waals surface area contributed by atoms with Crippen molar-refractivity contribution in [3.63, 3.8) is 0 Å². The summed E-state index contributed by atoms with van der Waals surface area (Å²) < 4.78 is 9.52. The second-order valence-electron chi connectivity index (χ2n) is 3.15. The fraction of sp³-hybridized carbons (Fsp3) is 0.333. The van der Waals surface area contributed by atoms with Crippen LogP contribution in [0.5, 0.6) is 0 Å². The van der Waals surface area contributed by atoms with Crippen molar-refractivity contribution in [1.82, 2.24) is 4.98 Å². The molecule has 0 radical (unpaired) electrons. The molecule has 1 aromatic heterocycles. The molecule has 0 unspecified atom stereocenters. The summed E-state index contributed by atoms with van der Waals surface area (Å²) >= 11 is 0. The Hall–Kier alpha value is -2.42. The van der Waals surface area contributed by atoms with Crippen LogP contribution in [0.1, 0.15) is 40.4 Å². The van der Waals surface area contributed by atoms with Gasteiger partial charge in [0.25, 0.3) is 0 Å². The lowest BCUT2D eigenvalue weighted by Gasteiger charge is -2.05. The topological polar surface area (TPSA) is 89.3 Å². The number of carbonyl (C=O) groups excluding carboxylic acids is 2. The van der Waals surface area contributed by atoms with Crippen molar-refractivity contribution in [2.75, 3.05) is 13.2 Å². The fourth-order valence-electron chi connectivity index (χ4n) is 1.22. The number of pyridine rings is 1. The molecule has 1 rings (SSSR count). The van der Waals surface area contributed by atoms with Crippen LogP contribution < -0.4 is 0 Å². The second kappa shape index (κ2) is 6.35. The lowest BCUT2D eigenvalue weighted by molar-refractivity contribution is 0.0511. The Morgan fingerprint density at radius 2 is 1.83 bits per heavy atom. The van der Waals surface area contributed by atoms with E-state index in [0.717, 1.165) is 0 Å². The van der Waals surface area contributed by atoms with Crippen LogP contribution in [0.25, 0.3) is 0 Å². The van der Waals surface area contributed by atoms with Crippen molar-refractivity contribution in [2.24, 2.45) is 0 Å². The number of hydrogen-bond acceptors (Lipinski definition) is 6. The van der Waals surface area contributed by atoms with Gasteiger partial charge in [0.1, 0.15) is 11.8 Å². The first kappa shape index (κ1) is 13.6. The first-order chi connectivity index (χ1) is 8.63. The monoisotopic (exact) mass is 248 g/mol. The van der Waals surface area contributed by atoms with Crippen LogP contribution in [0, 0.1) is 11.3 Å². The Kier molecular flexibility index (Phi) is 4.81. The van der Waals surface area contributed by atoms with Crippen molar-refractivity contribution in [2.45, 2.75) is 13.8 Å². The number of aromatic nitrogens is 1. The third kappa shape index (κ3) is 3.04. The fourth-order valence-corrected chi connectivity index (χ4v) is 1.22. The summed E-state index contributed by atoms with van der Waals surface area (Å²) in [6.07, 6.45) is 0. The molecule has 0 fully saturated rings. The van der Waals surface area contributed by atoms with E-state index < -0.39 is 11.9 Å². The van der Waals surface area contributed by atoms with Crippen LogP contribution in [-0.4, -0.2) is 30.1 Å². The zero-order valence-corrected chi connectivity index (χ0v) is 10.1. The van der Waals surface area contributed by atoms with E-state index in [1.54, 1.807) is 13.8 Å². The molecule has 0 atom stereocenters. The van der Waals surface area contributed by atoms with Gasteiger partial charge in [-0.15, -0.1) is 0 Å². The van der Waals surface area contributed by atoms with Crippen molar-refractivity contribution in [1.29, 1.82) is 5.26 Å². The Morgan fingerprint density at radius 1 is 1.22 bits per heavy atom. The van der Waals surface area contributed by atoms with Gasteiger partial charge in [-0.1, -0.05) is 0 Å². The average Bonchev–Trinajstić information content (AvgIpc) is 2.38. The van der Waals surface area contributed by atoms with Gasteiger partial charge in [0.2, 0.25) is 0 Å². The van der Waals surface area contributed by atoms with Gasteiger partial charge in [-0.3, -0.25) is 0 Å². The predicted molar refractivity (Wildman–Crippen MR) is 60.9 cm³/mol. The van der Waals surface area contributed by atoms with Crippen molar-refractivity contribution < 1.29 is 19.1 Å². The largest absolute Gasteiger partial charge is 0.461 e. The minimum absolute atomic E-state index is 0.0288. The summed E-state index contributed by atoms with van der Waals surface area (Å²) in [5.41, 5.74) is -0.148. The maximum absolute atomic E-state index is 11.6. The summed E-state index contributed by atoms with van der Waals surface area (Å²) in [4.78, 5) is 26.8. The highest BCUT2D eigenvalue weighted by Crippen LogP contribution is 2.09. The Labute approximate surface area is 104 Å². The number of esters is 2. The summed E-state index contributed by atoms with van der Waals surface area (Å²) in [6, 6.07) is 4.49. The molecule has 0 aliphatic rings. The van der Waals surface area contributed by atoms with Crippen LogP contribution >= 0.6 is 0 Å². The standard InChI is InChI=1S/C12H12N2O4/c1-3-17-11(15)9-6-5-8(7-13)10(14-9)12(16)18-4-2/h5-6H,3-4H2,1-2H3. The number of nitrogens with zero attached hydrogens (tertiary/aromatic N) is 2. The third-order valence-corrected chi connectivity index (χ3v) is 1.97. The predicted octanol–water partition coefficient (Wildman–Crippen LogP) is 1.31. The molecule has 0 N–H and O–H groups in total. The molecule has 0 saturated carbocycles. The van der Waals surface area contributed by atoms with E-state index in [9.17, 15) is 9.59 Å². The average molecular weight is 248 g/mol. The summed E-state index contributed by atoms with van der Waals surface area (Å²) in [5, 5.41) is 8.85. The molecule has 0 saturated heterocycles. The van der Waals surface area contributed by atoms with E-state index in [-0.39, 0.29) is 30.2 Å². The Balaban J connectivity index is 3.14. The number of ether oxygens (including phenoxy) is 2. The first-order valence-corrected chi connectivity index (χ1v) is 5.39. The van der Waals surface area contributed by atoms with Gasteiger partial charge >= 0.3 is 11.9 Å². The van der Waals surface area contributed by atoms with E-state index in [0.29, 0.717) is 0 Å².